The van der Waals surface area contributed by atoms with Gasteiger partial charge in [-0.05, 0) is 82.4 Å². The molecule has 0 aliphatic heterocycles. The lowest BCUT2D eigenvalue weighted by molar-refractivity contribution is -0.00104. The van der Waals surface area contributed by atoms with E-state index in [4.69, 9.17) is 24.2 Å². The molecule has 0 unspecified atom stereocenters. The van der Waals surface area contributed by atoms with E-state index in [9.17, 15) is 10.4 Å². The second-order valence-corrected chi connectivity index (χ2v) is 10.3. The van der Waals surface area contributed by atoms with Gasteiger partial charge in [-0.3, -0.25) is 4.98 Å². The number of aryl methyl sites for hydroxylation is 2. The summed E-state index contributed by atoms with van der Waals surface area (Å²) in [4.78, 5) is 11.7. The van der Waals surface area contributed by atoms with Gasteiger partial charge in [-0.25, -0.2) is 4.98 Å². The molecular weight excluding hydrogens is 504 g/mol. The van der Waals surface area contributed by atoms with E-state index in [2.05, 4.69) is 6.07 Å². The van der Waals surface area contributed by atoms with Crippen molar-refractivity contribution in [3.05, 3.63) is 88.2 Å². The number of ether oxygens (including phenoxy) is 3. The second kappa shape index (κ2) is 11.9. The fraction of sp³-hybridized carbons (Fsp3) is 0.344. The zero-order chi connectivity index (χ0) is 29.0. The highest BCUT2D eigenvalue weighted by atomic mass is 16.5. The molecule has 4 rings (SSSR count). The van der Waals surface area contributed by atoms with Gasteiger partial charge in [0.25, 0.3) is 0 Å². The molecule has 8 nitrogen and oxygen atoms in total. The molecule has 2 aromatic heterocycles. The predicted molar refractivity (Wildman–Crippen MR) is 155 cm³/mol. The maximum atomic E-state index is 13.0. The number of hydrogen-bond donors (Lipinski definition) is 1. The molecule has 4 aromatic rings. The zero-order valence-corrected chi connectivity index (χ0v) is 24.1. The number of rotatable bonds is 10. The Kier molecular flexibility index (Phi) is 8.58. The third-order valence-corrected chi connectivity index (χ3v) is 7.14. The number of nitrogens with zero attached hydrogens (tertiary/aromatic N) is 4. The van der Waals surface area contributed by atoms with Crippen LogP contribution in [0.2, 0.25) is 0 Å². The van der Waals surface area contributed by atoms with Crippen molar-refractivity contribution in [3.8, 4) is 23.4 Å². The van der Waals surface area contributed by atoms with Crippen LogP contribution < -0.4 is 14.2 Å². The average molecular weight is 541 g/mol. The number of methoxy groups -OCH3 is 3. The quantitative estimate of drug-likeness (QED) is 0.296. The van der Waals surface area contributed by atoms with E-state index in [1.807, 2.05) is 69.2 Å². The molecule has 0 saturated carbocycles. The van der Waals surface area contributed by atoms with Crippen molar-refractivity contribution in [2.45, 2.75) is 31.8 Å². The Bertz CT molecular complexity index is 1540. The molecule has 2 aromatic carbocycles. The second-order valence-electron chi connectivity index (χ2n) is 10.3. The lowest BCUT2D eigenvalue weighted by atomic mass is 9.72. The van der Waals surface area contributed by atoms with Crippen LogP contribution in [0.5, 0.6) is 17.4 Å². The smallest absolute Gasteiger partial charge is 0.217 e. The minimum absolute atomic E-state index is 0.348. The average Bonchev–Trinajstić information content (AvgIpc) is 2.94. The van der Waals surface area contributed by atoms with Crippen molar-refractivity contribution in [1.29, 1.82) is 5.26 Å². The van der Waals surface area contributed by atoms with E-state index in [0.29, 0.717) is 58.2 Å². The van der Waals surface area contributed by atoms with Crippen molar-refractivity contribution < 1.29 is 19.3 Å². The molecule has 0 radical (unpaired) electrons. The Labute approximate surface area is 235 Å². The maximum absolute atomic E-state index is 13.0. The Morgan fingerprint density at radius 2 is 1.73 bits per heavy atom. The first kappa shape index (κ1) is 28.8. The Morgan fingerprint density at radius 1 is 0.950 bits per heavy atom. The van der Waals surface area contributed by atoms with Crippen molar-refractivity contribution >= 4 is 10.9 Å². The fourth-order valence-corrected chi connectivity index (χ4v) is 5.31. The van der Waals surface area contributed by atoms with Crippen molar-refractivity contribution in [2.75, 3.05) is 42.0 Å². The summed E-state index contributed by atoms with van der Waals surface area (Å²) in [7, 11) is 8.68. The number of hydrogen-bond acceptors (Lipinski definition) is 8. The molecule has 1 N–H and O–H groups in total. The number of benzene rings is 2. The molecule has 0 bridgehead atoms. The lowest BCUT2D eigenvalue weighted by Gasteiger charge is -2.38. The van der Waals surface area contributed by atoms with Gasteiger partial charge < -0.3 is 24.2 Å². The summed E-state index contributed by atoms with van der Waals surface area (Å²) < 4.78 is 17.4. The van der Waals surface area contributed by atoms with Crippen molar-refractivity contribution in [2.24, 2.45) is 0 Å². The number of nitriles is 1. The van der Waals surface area contributed by atoms with E-state index in [0.717, 1.165) is 16.6 Å². The Balaban J connectivity index is 2.14. The normalized spacial score (nSPS) is 13.5. The van der Waals surface area contributed by atoms with Crippen LogP contribution in [0.4, 0.5) is 0 Å². The largest absolute Gasteiger partial charge is 0.493 e. The number of fused-ring (bicyclic) bond motifs is 1. The standard InChI is InChI=1S/C32H36N4O4/c1-20-15-21(2)34-28(16-20)32(37,13-14-36(3)4)29(24-9-8-10-27(38-5)30(24)39-6)25-18-23-17-22(19-33)11-12-26(23)35-31(25)40-7/h8-12,15-18,29,37H,13-14H2,1-7H3/t29-,32-/m1/s1. The summed E-state index contributed by atoms with van der Waals surface area (Å²) >= 11 is 0. The van der Waals surface area contributed by atoms with Crippen LogP contribution in [-0.2, 0) is 5.60 Å². The Morgan fingerprint density at radius 3 is 2.35 bits per heavy atom. The molecule has 8 heteroatoms. The monoisotopic (exact) mass is 540 g/mol. The van der Waals surface area contributed by atoms with Gasteiger partial charge in [0, 0.05) is 28.8 Å². The van der Waals surface area contributed by atoms with E-state index >= 15 is 0 Å². The van der Waals surface area contributed by atoms with Crippen LogP contribution in [0.15, 0.2) is 54.6 Å². The SMILES string of the molecule is COc1cccc([C@H](c2cc3cc(C#N)ccc3nc2OC)[C@@](O)(CCN(C)C)c2cc(C)cc(C)n2)c1OC. The summed E-state index contributed by atoms with van der Waals surface area (Å²) in [6.45, 7) is 4.49. The highest BCUT2D eigenvalue weighted by Crippen LogP contribution is 2.51. The molecule has 0 aliphatic carbocycles. The molecular formula is C32H36N4O4. The van der Waals surface area contributed by atoms with Crippen LogP contribution in [0.3, 0.4) is 0 Å². The predicted octanol–water partition coefficient (Wildman–Crippen LogP) is 5.12. The van der Waals surface area contributed by atoms with Crippen molar-refractivity contribution in [3.63, 3.8) is 0 Å². The van der Waals surface area contributed by atoms with E-state index < -0.39 is 11.5 Å². The van der Waals surface area contributed by atoms with E-state index in [1.165, 1.54) is 0 Å². The molecule has 0 amide bonds. The Hall–Kier alpha value is -4.19. The van der Waals surface area contributed by atoms with E-state index in [-0.39, 0.29) is 0 Å². The first-order valence-corrected chi connectivity index (χ1v) is 13.1. The first-order valence-electron chi connectivity index (χ1n) is 13.1. The third-order valence-electron chi connectivity index (χ3n) is 7.14. The summed E-state index contributed by atoms with van der Waals surface area (Å²) in [6, 6.07) is 19.0. The molecule has 2 heterocycles. The van der Waals surface area contributed by atoms with Crippen LogP contribution in [-0.4, -0.2) is 61.9 Å². The summed E-state index contributed by atoms with van der Waals surface area (Å²) in [5.41, 5.74) is 3.34. The van der Waals surface area contributed by atoms with Gasteiger partial charge in [0.2, 0.25) is 5.88 Å². The van der Waals surface area contributed by atoms with Gasteiger partial charge in [-0.2, -0.15) is 5.26 Å². The molecule has 0 saturated heterocycles. The third kappa shape index (κ3) is 5.57. The number of para-hydroxylation sites is 1. The molecule has 0 fully saturated rings. The lowest BCUT2D eigenvalue weighted by Crippen LogP contribution is -2.39. The zero-order valence-electron chi connectivity index (χ0n) is 24.1. The van der Waals surface area contributed by atoms with Gasteiger partial charge in [0.1, 0.15) is 5.60 Å². The van der Waals surface area contributed by atoms with Crippen LogP contribution in [0.25, 0.3) is 10.9 Å². The van der Waals surface area contributed by atoms with Gasteiger partial charge in [-0.15, -0.1) is 0 Å². The van der Waals surface area contributed by atoms with Gasteiger partial charge in [0.15, 0.2) is 11.5 Å². The van der Waals surface area contributed by atoms with Crippen LogP contribution in [0.1, 0.15) is 46.0 Å². The molecule has 208 valence electrons. The minimum atomic E-state index is -1.52. The topological polar surface area (TPSA) is 101 Å². The molecule has 2 atom stereocenters. The summed E-state index contributed by atoms with van der Waals surface area (Å²) in [5.74, 6) is 0.659. The maximum Gasteiger partial charge on any atom is 0.217 e. The van der Waals surface area contributed by atoms with Gasteiger partial charge >= 0.3 is 0 Å². The number of aromatic nitrogens is 2. The summed E-state index contributed by atoms with van der Waals surface area (Å²) in [6.07, 6.45) is 0.348. The number of pyridine rings is 2. The minimum Gasteiger partial charge on any atom is -0.493 e. The number of aliphatic hydroxyl groups is 1. The molecule has 0 aliphatic rings. The fourth-order valence-electron chi connectivity index (χ4n) is 5.31. The molecule has 40 heavy (non-hydrogen) atoms. The molecule has 0 spiro atoms. The summed E-state index contributed by atoms with van der Waals surface area (Å²) in [5, 5.41) is 23.3. The highest BCUT2D eigenvalue weighted by Gasteiger charge is 2.45. The van der Waals surface area contributed by atoms with Crippen LogP contribution in [0, 0.1) is 25.2 Å². The van der Waals surface area contributed by atoms with Gasteiger partial charge in [0.05, 0.1) is 50.1 Å². The van der Waals surface area contributed by atoms with Crippen LogP contribution >= 0.6 is 0 Å². The van der Waals surface area contributed by atoms with E-state index in [1.54, 1.807) is 39.5 Å². The highest BCUT2D eigenvalue weighted by molar-refractivity contribution is 5.82. The van der Waals surface area contributed by atoms with Gasteiger partial charge in [-0.1, -0.05) is 12.1 Å². The van der Waals surface area contributed by atoms with Crippen molar-refractivity contribution in [1.82, 2.24) is 14.9 Å². The first-order chi connectivity index (χ1) is 19.1.